The lowest BCUT2D eigenvalue weighted by Crippen LogP contribution is -2.24. The predicted molar refractivity (Wildman–Crippen MR) is 76.7 cm³/mol. The Bertz CT molecular complexity index is 680. The molecule has 0 aromatic heterocycles. The molecular formula is C17H16F2O2. The smallest absolute Gasteiger partial charge is 0.203 e. The molecular weight excluding hydrogens is 274 g/mol. The van der Waals surface area contributed by atoms with E-state index in [0.29, 0.717) is 5.75 Å². The first-order chi connectivity index (χ1) is 9.88. The van der Waals surface area contributed by atoms with Crippen molar-refractivity contribution >= 4 is 5.78 Å². The van der Waals surface area contributed by atoms with Crippen LogP contribution in [0.3, 0.4) is 0 Å². The van der Waals surface area contributed by atoms with Crippen LogP contribution in [-0.2, 0) is 0 Å². The van der Waals surface area contributed by atoms with Crippen molar-refractivity contribution in [3.63, 3.8) is 0 Å². The highest BCUT2D eigenvalue weighted by atomic mass is 19.2. The van der Waals surface area contributed by atoms with E-state index >= 15 is 0 Å². The number of rotatable bonds is 4. The van der Waals surface area contributed by atoms with Crippen molar-refractivity contribution in [3.8, 4) is 5.75 Å². The van der Waals surface area contributed by atoms with Crippen LogP contribution in [0.1, 0.15) is 28.4 Å². The van der Waals surface area contributed by atoms with E-state index in [0.717, 1.165) is 23.3 Å². The summed E-state index contributed by atoms with van der Waals surface area (Å²) in [5.41, 5.74) is 2.27. The molecule has 21 heavy (non-hydrogen) atoms. The van der Waals surface area contributed by atoms with Gasteiger partial charge in [0.25, 0.3) is 0 Å². The summed E-state index contributed by atoms with van der Waals surface area (Å²) >= 11 is 0. The van der Waals surface area contributed by atoms with Crippen LogP contribution in [0, 0.1) is 25.5 Å². The Labute approximate surface area is 122 Å². The number of hydrogen-bond acceptors (Lipinski definition) is 2. The van der Waals surface area contributed by atoms with E-state index in [9.17, 15) is 13.6 Å². The first-order valence-electron chi connectivity index (χ1n) is 6.61. The maximum Gasteiger partial charge on any atom is 0.203 e. The minimum Gasteiger partial charge on any atom is -0.483 e. The van der Waals surface area contributed by atoms with Crippen LogP contribution in [0.25, 0.3) is 0 Å². The number of hydrogen-bond donors (Lipinski definition) is 0. The van der Waals surface area contributed by atoms with Gasteiger partial charge < -0.3 is 4.74 Å². The van der Waals surface area contributed by atoms with Gasteiger partial charge in [-0.25, -0.2) is 8.78 Å². The molecule has 0 aliphatic rings. The summed E-state index contributed by atoms with van der Waals surface area (Å²) in [5.74, 6) is -1.85. The quantitative estimate of drug-likeness (QED) is 0.788. The maximum atomic E-state index is 13.2. The van der Waals surface area contributed by atoms with E-state index in [-0.39, 0.29) is 5.56 Å². The van der Waals surface area contributed by atoms with Crippen LogP contribution in [-0.4, -0.2) is 11.9 Å². The van der Waals surface area contributed by atoms with Gasteiger partial charge in [-0.05, 0) is 62.2 Å². The topological polar surface area (TPSA) is 26.3 Å². The molecule has 0 amide bonds. The van der Waals surface area contributed by atoms with Crippen molar-refractivity contribution in [1.82, 2.24) is 0 Å². The minimum absolute atomic E-state index is 0.0882. The SMILES string of the molecule is Cc1ccc(OC(C)C(=O)c2ccc(F)c(F)c2)cc1C. The fourth-order valence-corrected chi connectivity index (χ4v) is 1.93. The molecule has 0 fully saturated rings. The summed E-state index contributed by atoms with van der Waals surface area (Å²) in [7, 11) is 0. The lowest BCUT2D eigenvalue weighted by atomic mass is 10.1. The maximum absolute atomic E-state index is 13.2. The summed E-state index contributed by atoms with van der Waals surface area (Å²) in [4.78, 5) is 12.2. The molecule has 0 heterocycles. The Hall–Kier alpha value is -2.23. The van der Waals surface area contributed by atoms with Crippen molar-refractivity contribution in [2.24, 2.45) is 0 Å². The fraction of sp³-hybridized carbons (Fsp3) is 0.235. The van der Waals surface area contributed by atoms with Gasteiger partial charge in [-0.2, -0.15) is 0 Å². The molecule has 2 aromatic carbocycles. The lowest BCUT2D eigenvalue weighted by Gasteiger charge is -2.15. The van der Waals surface area contributed by atoms with Crippen molar-refractivity contribution in [1.29, 1.82) is 0 Å². The number of ketones is 1. The second-order valence-electron chi connectivity index (χ2n) is 5.00. The highest BCUT2D eigenvalue weighted by Gasteiger charge is 2.18. The number of aryl methyl sites for hydroxylation is 2. The monoisotopic (exact) mass is 290 g/mol. The second kappa shape index (κ2) is 6.04. The molecule has 0 aliphatic carbocycles. The molecule has 0 saturated carbocycles. The molecule has 1 atom stereocenters. The number of Topliss-reactive ketones (excluding diaryl/α,β-unsaturated/α-hetero) is 1. The molecule has 2 nitrogen and oxygen atoms in total. The first-order valence-corrected chi connectivity index (χ1v) is 6.61. The normalized spacial score (nSPS) is 12.0. The van der Waals surface area contributed by atoms with Gasteiger partial charge >= 0.3 is 0 Å². The third-order valence-electron chi connectivity index (χ3n) is 3.36. The van der Waals surface area contributed by atoms with Gasteiger partial charge in [0, 0.05) is 5.56 Å². The zero-order chi connectivity index (χ0) is 15.6. The first kappa shape index (κ1) is 15.2. The molecule has 0 spiro atoms. The highest BCUT2D eigenvalue weighted by molar-refractivity contribution is 5.99. The second-order valence-corrected chi connectivity index (χ2v) is 5.00. The van der Waals surface area contributed by atoms with E-state index in [4.69, 9.17) is 4.74 Å². The van der Waals surface area contributed by atoms with E-state index in [1.807, 2.05) is 26.0 Å². The molecule has 0 saturated heterocycles. The Morgan fingerprint density at radius 3 is 2.33 bits per heavy atom. The van der Waals surface area contributed by atoms with Gasteiger partial charge in [-0.1, -0.05) is 6.07 Å². The molecule has 2 rings (SSSR count). The molecule has 0 N–H and O–H groups in total. The zero-order valence-corrected chi connectivity index (χ0v) is 12.1. The van der Waals surface area contributed by atoms with Crippen LogP contribution < -0.4 is 4.74 Å². The van der Waals surface area contributed by atoms with Gasteiger partial charge in [0.2, 0.25) is 5.78 Å². The van der Waals surface area contributed by atoms with Gasteiger partial charge in [-0.3, -0.25) is 4.79 Å². The third-order valence-corrected chi connectivity index (χ3v) is 3.36. The standard InChI is InChI=1S/C17H16F2O2/c1-10-4-6-14(8-11(10)2)21-12(3)17(20)13-5-7-15(18)16(19)9-13/h4-9,12H,1-3H3. The molecule has 2 aromatic rings. The van der Waals surface area contributed by atoms with Gasteiger partial charge in [0.1, 0.15) is 5.75 Å². The number of halogens is 2. The van der Waals surface area contributed by atoms with Crippen LogP contribution in [0.2, 0.25) is 0 Å². The number of carbonyl (C=O) groups is 1. The average Bonchev–Trinajstić information content (AvgIpc) is 2.45. The Morgan fingerprint density at radius 1 is 1.00 bits per heavy atom. The molecule has 1 unspecified atom stereocenters. The largest absolute Gasteiger partial charge is 0.483 e. The number of carbonyl (C=O) groups excluding carboxylic acids is 1. The van der Waals surface area contributed by atoms with Gasteiger partial charge in [0.15, 0.2) is 17.7 Å². The van der Waals surface area contributed by atoms with Crippen LogP contribution in [0.4, 0.5) is 8.78 Å². The summed E-state index contributed by atoms with van der Waals surface area (Å²) in [6, 6.07) is 8.59. The summed E-state index contributed by atoms with van der Waals surface area (Å²) < 4.78 is 31.6. The van der Waals surface area contributed by atoms with Crippen molar-refractivity contribution in [2.45, 2.75) is 26.9 Å². The third kappa shape index (κ3) is 3.45. The Kier molecular flexibility index (Phi) is 4.36. The minimum atomic E-state index is -1.04. The molecule has 0 aliphatic heterocycles. The molecule has 4 heteroatoms. The van der Waals surface area contributed by atoms with E-state index in [1.54, 1.807) is 13.0 Å². The predicted octanol–water partition coefficient (Wildman–Crippen LogP) is 4.23. The lowest BCUT2D eigenvalue weighted by molar-refractivity contribution is 0.0817. The van der Waals surface area contributed by atoms with Crippen molar-refractivity contribution in [2.75, 3.05) is 0 Å². The van der Waals surface area contributed by atoms with Crippen LogP contribution in [0.5, 0.6) is 5.75 Å². The van der Waals surface area contributed by atoms with Crippen LogP contribution >= 0.6 is 0 Å². The van der Waals surface area contributed by atoms with Crippen molar-refractivity contribution < 1.29 is 18.3 Å². The van der Waals surface area contributed by atoms with Crippen LogP contribution in [0.15, 0.2) is 36.4 Å². The number of ether oxygens (including phenoxy) is 1. The highest BCUT2D eigenvalue weighted by Crippen LogP contribution is 2.19. The Morgan fingerprint density at radius 2 is 1.71 bits per heavy atom. The molecule has 0 radical (unpaired) electrons. The zero-order valence-electron chi connectivity index (χ0n) is 12.1. The van der Waals surface area contributed by atoms with E-state index in [2.05, 4.69) is 0 Å². The summed E-state index contributed by atoms with van der Waals surface area (Å²) in [6.45, 7) is 5.51. The van der Waals surface area contributed by atoms with E-state index < -0.39 is 23.5 Å². The molecule has 110 valence electrons. The summed E-state index contributed by atoms with van der Waals surface area (Å²) in [5, 5.41) is 0. The van der Waals surface area contributed by atoms with Gasteiger partial charge in [0.05, 0.1) is 0 Å². The van der Waals surface area contributed by atoms with Crippen molar-refractivity contribution in [3.05, 3.63) is 64.7 Å². The van der Waals surface area contributed by atoms with E-state index in [1.165, 1.54) is 6.07 Å². The Balaban J connectivity index is 2.15. The number of benzene rings is 2. The molecule has 0 bridgehead atoms. The average molecular weight is 290 g/mol. The fourth-order valence-electron chi connectivity index (χ4n) is 1.93. The van der Waals surface area contributed by atoms with Gasteiger partial charge in [-0.15, -0.1) is 0 Å². The summed E-state index contributed by atoms with van der Waals surface area (Å²) in [6.07, 6.45) is -0.781.